The first-order valence-electron chi connectivity index (χ1n) is 11.8. The maximum absolute atomic E-state index is 12.4. The first-order chi connectivity index (χ1) is 18.5. The van der Waals surface area contributed by atoms with Gasteiger partial charge in [0.05, 0.1) is 11.8 Å². The zero-order valence-corrected chi connectivity index (χ0v) is 22.1. The predicted molar refractivity (Wildman–Crippen MR) is 149 cm³/mol. The summed E-state index contributed by atoms with van der Waals surface area (Å²) in [5, 5.41) is 3.98. The van der Waals surface area contributed by atoms with E-state index in [1.54, 1.807) is 73.7 Å². The van der Waals surface area contributed by atoms with Crippen LogP contribution in [0.25, 0.3) is 0 Å². The molecule has 4 rings (SSSR count). The third kappa shape index (κ3) is 7.78. The van der Waals surface area contributed by atoms with Crippen LogP contribution in [0.5, 0.6) is 17.2 Å². The topological polar surface area (TPSA) is 86.2 Å². The minimum Gasteiger partial charge on any atom is -0.489 e. The van der Waals surface area contributed by atoms with Gasteiger partial charge in [0.25, 0.3) is 5.91 Å². The number of carbonyl (C=O) groups excluding carboxylic acids is 2. The van der Waals surface area contributed by atoms with Crippen molar-refractivity contribution in [2.75, 3.05) is 0 Å². The number of nitrogens with one attached hydrogen (secondary N) is 1. The van der Waals surface area contributed by atoms with Crippen LogP contribution in [0.2, 0.25) is 0 Å². The number of nitrogens with zero attached hydrogens (tertiary/aromatic N) is 1. The molecule has 0 aromatic heterocycles. The Balaban J connectivity index is 1.22. The molecule has 4 aromatic carbocycles. The molecule has 0 spiro atoms. The van der Waals surface area contributed by atoms with Crippen molar-refractivity contribution < 1.29 is 23.8 Å². The Labute approximate surface area is 229 Å². The van der Waals surface area contributed by atoms with Crippen molar-refractivity contribution in [3.8, 4) is 17.2 Å². The molecule has 8 heteroatoms. The van der Waals surface area contributed by atoms with E-state index in [-0.39, 0.29) is 0 Å². The van der Waals surface area contributed by atoms with Gasteiger partial charge in [-0.15, -0.1) is 0 Å². The smallest absolute Gasteiger partial charge is 0.344 e. The van der Waals surface area contributed by atoms with Crippen LogP contribution in [0.15, 0.2) is 113 Å². The highest BCUT2D eigenvalue weighted by molar-refractivity contribution is 9.10. The molecule has 0 aliphatic carbocycles. The Hall–Kier alpha value is -4.43. The third-order valence-electron chi connectivity index (χ3n) is 5.33. The summed E-state index contributed by atoms with van der Waals surface area (Å²) in [7, 11) is 0. The maximum Gasteiger partial charge on any atom is 0.344 e. The molecule has 38 heavy (non-hydrogen) atoms. The molecule has 0 saturated carbocycles. The molecule has 0 bridgehead atoms. The van der Waals surface area contributed by atoms with E-state index in [1.165, 1.54) is 6.21 Å². The molecule has 1 amide bonds. The maximum atomic E-state index is 12.4. The Morgan fingerprint density at radius 2 is 1.47 bits per heavy atom. The molecular weight excluding hydrogens is 548 g/mol. The fourth-order valence-electron chi connectivity index (χ4n) is 3.29. The number of halogens is 1. The molecule has 0 fully saturated rings. The third-order valence-corrected chi connectivity index (χ3v) is 6.02. The monoisotopic (exact) mass is 572 g/mol. The van der Waals surface area contributed by atoms with E-state index in [4.69, 9.17) is 14.2 Å². The lowest BCUT2D eigenvalue weighted by molar-refractivity contribution is -0.127. The Bertz CT molecular complexity index is 1390. The number of rotatable bonds is 10. The molecule has 0 saturated heterocycles. The molecule has 4 aromatic rings. The van der Waals surface area contributed by atoms with Crippen LogP contribution in [0.4, 0.5) is 0 Å². The summed E-state index contributed by atoms with van der Waals surface area (Å²) in [4.78, 5) is 24.7. The Morgan fingerprint density at radius 3 is 2.18 bits per heavy atom. The van der Waals surface area contributed by atoms with Crippen molar-refractivity contribution in [1.29, 1.82) is 0 Å². The number of carbonyl (C=O) groups is 2. The molecule has 1 atom stereocenters. The summed E-state index contributed by atoms with van der Waals surface area (Å²) in [6, 6.07) is 30.7. The molecular formula is C30H25BrN2O5. The van der Waals surface area contributed by atoms with Crippen LogP contribution in [0.3, 0.4) is 0 Å². The molecule has 1 unspecified atom stereocenters. The van der Waals surface area contributed by atoms with Crippen LogP contribution in [-0.4, -0.2) is 24.2 Å². The van der Waals surface area contributed by atoms with Gasteiger partial charge in [-0.3, -0.25) is 4.79 Å². The van der Waals surface area contributed by atoms with Crippen molar-refractivity contribution in [2.45, 2.75) is 19.6 Å². The molecule has 0 heterocycles. The van der Waals surface area contributed by atoms with Gasteiger partial charge in [-0.1, -0.05) is 42.5 Å². The van der Waals surface area contributed by atoms with Crippen LogP contribution in [0, 0.1) is 0 Å². The Morgan fingerprint density at radius 1 is 0.842 bits per heavy atom. The number of hydrazone groups is 1. The number of esters is 1. The molecule has 1 N–H and O–H groups in total. The van der Waals surface area contributed by atoms with E-state index in [9.17, 15) is 9.59 Å². The van der Waals surface area contributed by atoms with Gasteiger partial charge < -0.3 is 14.2 Å². The zero-order valence-electron chi connectivity index (χ0n) is 20.5. The summed E-state index contributed by atoms with van der Waals surface area (Å²) < 4.78 is 17.5. The van der Waals surface area contributed by atoms with E-state index in [0.29, 0.717) is 39.5 Å². The second kappa shape index (κ2) is 13.2. The van der Waals surface area contributed by atoms with E-state index in [2.05, 4.69) is 26.5 Å². The molecule has 192 valence electrons. The van der Waals surface area contributed by atoms with E-state index < -0.39 is 18.0 Å². The predicted octanol–water partition coefficient (Wildman–Crippen LogP) is 6.16. The van der Waals surface area contributed by atoms with Crippen LogP contribution in [0.1, 0.15) is 28.4 Å². The molecule has 7 nitrogen and oxygen atoms in total. The van der Waals surface area contributed by atoms with Crippen LogP contribution >= 0.6 is 15.9 Å². The van der Waals surface area contributed by atoms with Crippen molar-refractivity contribution in [2.24, 2.45) is 5.10 Å². The fraction of sp³-hybridized carbons (Fsp3) is 0.100. The minimum atomic E-state index is -0.762. The lowest BCUT2D eigenvalue weighted by Gasteiger charge is -2.13. The minimum absolute atomic E-state index is 0.394. The zero-order chi connectivity index (χ0) is 26.7. The highest BCUT2D eigenvalue weighted by Crippen LogP contribution is 2.21. The average Bonchev–Trinajstić information content (AvgIpc) is 2.94. The second-order valence-electron chi connectivity index (χ2n) is 8.18. The largest absolute Gasteiger partial charge is 0.489 e. The number of hydrogen-bond acceptors (Lipinski definition) is 6. The van der Waals surface area contributed by atoms with Crippen molar-refractivity contribution >= 4 is 34.0 Å². The van der Waals surface area contributed by atoms with E-state index in [1.807, 2.05) is 36.4 Å². The molecule has 0 radical (unpaired) electrons. The summed E-state index contributed by atoms with van der Waals surface area (Å²) in [6.07, 6.45) is 0.727. The summed E-state index contributed by atoms with van der Waals surface area (Å²) in [5.74, 6) is 0.776. The molecule has 0 aliphatic rings. The highest BCUT2D eigenvalue weighted by atomic mass is 79.9. The number of amides is 1. The van der Waals surface area contributed by atoms with E-state index >= 15 is 0 Å². The van der Waals surface area contributed by atoms with Gasteiger partial charge in [-0.05, 0) is 94.6 Å². The average molecular weight is 573 g/mol. The van der Waals surface area contributed by atoms with Gasteiger partial charge in [0.2, 0.25) is 0 Å². The summed E-state index contributed by atoms with van der Waals surface area (Å²) in [6.45, 7) is 2.11. The lowest BCUT2D eigenvalue weighted by atomic mass is 10.2. The highest BCUT2D eigenvalue weighted by Gasteiger charge is 2.14. The van der Waals surface area contributed by atoms with Crippen molar-refractivity contribution in [3.63, 3.8) is 0 Å². The summed E-state index contributed by atoms with van der Waals surface area (Å²) >= 11 is 3.34. The van der Waals surface area contributed by atoms with Gasteiger partial charge in [-0.25, -0.2) is 10.2 Å². The lowest BCUT2D eigenvalue weighted by Crippen LogP contribution is -2.33. The SMILES string of the molecule is CC(Oc1ccc(OCc2ccccc2)cc1)C(=O)N/N=C/c1ccc(OC(=O)c2ccccc2Br)cc1. The number of hydrogen-bond donors (Lipinski definition) is 1. The number of benzene rings is 4. The fourth-order valence-corrected chi connectivity index (χ4v) is 3.73. The first-order valence-corrected chi connectivity index (χ1v) is 12.6. The van der Waals surface area contributed by atoms with Gasteiger partial charge in [0.1, 0.15) is 23.9 Å². The van der Waals surface area contributed by atoms with Crippen molar-refractivity contribution in [3.05, 3.63) is 124 Å². The second-order valence-corrected chi connectivity index (χ2v) is 9.03. The normalized spacial score (nSPS) is 11.5. The van der Waals surface area contributed by atoms with Crippen LogP contribution < -0.4 is 19.6 Å². The van der Waals surface area contributed by atoms with Gasteiger partial charge in [0.15, 0.2) is 6.10 Å². The van der Waals surface area contributed by atoms with Gasteiger partial charge in [-0.2, -0.15) is 5.10 Å². The quantitative estimate of drug-likeness (QED) is 0.106. The van der Waals surface area contributed by atoms with Crippen molar-refractivity contribution in [1.82, 2.24) is 5.43 Å². The summed E-state index contributed by atoms with van der Waals surface area (Å²) in [5.41, 5.74) is 4.69. The molecule has 0 aliphatic heterocycles. The standard InChI is InChI=1S/C30H25BrN2O5/c1-21(37-25-17-15-24(16-18-25)36-20-23-7-3-2-4-8-23)29(34)33-32-19-22-11-13-26(14-12-22)38-30(35)27-9-5-6-10-28(27)31/h2-19,21H,20H2,1H3,(H,33,34)/b32-19+. The number of ether oxygens (including phenoxy) is 3. The first kappa shape index (κ1) is 26.6. The van der Waals surface area contributed by atoms with Gasteiger partial charge in [0, 0.05) is 4.47 Å². The van der Waals surface area contributed by atoms with Crippen LogP contribution in [-0.2, 0) is 11.4 Å². The Kier molecular flexibility index (Phi) is 9.26. The van der Waals surface area contributed by atoms with E-state index in [0.717, 1.165) is 5.56 Å². The van der Waals surface area contributed by atoms with Gasteiger partial charge >= 0.3 is 5.97 Å².